The lowest BCUT2D eigenvalue weighted by molar-refractivity contribution is 0.151. The Morgan fingerprint density at radius 1 is 1.16 bits per heavy atom. The van der Waals surface area contributed by atoms with Crippen LogP contribution in [0.5, 0.6) is 0 Å². The van der Waals surface area contributed by atoms with Gasteiger partial charge in [-0.25, -0.2) is 18.7 Å². The molecule has 0 saturated carbocycles. The largest absolute Gasteiger partial charge is 0.263 e. The molecule has 2 aromatic rings. The molecule has 0 radical (unpaired) electrons. The quantitative estimate of drug-likeness (QED) is 0.750. The first kappa shape index (κ1) is 14.2. The monoisotopic (exact) mass is 302 g/mol. The van der Waals surface area contributed by atoms with Crippen molar-refractivity contribution in [2.24, 2.45) is 0 Å². The van der Waals surface area contributed by atoms with Crippen LogP contribution in [0.2, 0.25) is 10.3 Å². The Kier molecular flexibility index (Phi) is 4.32. The molecule has 0 atom stereocenters. The molecular formula is C13H10Cl2F2N2. The van der Waals surface area contributed by atoms with Crippen molar-refractivity contribution in [2.45, 2.75) is 19.8 Å². The molecule has 0 aliphatic rings. The average molecular weight is 303 g/mol. The van der Waals surface area contributed by atoms with Crippen LogP contribution in [0.3, 0.4) is 0 Å². The lowest BCUT2D eigenvalue weighted by atomic mass is 10.1. The van der Waals surface area contributed by atoms with Gasteiger partial charge >= 0.3 is 0 Å². The number of hydrogen-bond donors (Lipinski definition) is 0. The third-order valence-electron chi connectivity index (χ3n) is 2.66. The van der Waals surface area contributed by atoms with Gasteiger partial charge in [0.25, 0.3) is 6.43 Å². The zero-order chi connectivity index (χ0) is 14.0. The van der Waals surface area contributed by atoms with Gasteiger partial charge in [0.05, 0.1) is 0 Å². The smallest absolute Gasteiger partial charge is 0.216 e. The Labute approximate surface area is 119 Å². The van der Waals surface area contributed by atoms with E-state index >= 15 is 0 Å². The highest BCUT2D eigenvalue weighted by Gasteiger charge is 2.13. The number of aromatic nitrogens is 2. The second-order valence-electron chi connectivity index (χ2n) is 3.89. The molecule has 6 heteroatoms. The molecular weight excluding hydrogens is 293 g/mol. The molecule has 1 heterocycles. The highest BCUT2D eigenvalue weighted by atomic mass is 35.5. The molecule has 19 heavy (non-hydrogen) atoms. The summed E-state index contributed by atoms with van der Waals surface area (Å²) in [6.07, 6.45) is -1.93. The summed E-state index contributed by atoms with van der Waals surface area (Å²) in [5, 5.41) is 0.500. The molecule has 2 rings (SSSR count). The van der Waals surface area contributed by atoms with Crippen molar-refractivity contribution < 1.29 is 8.78 Å². The first-order valence-electron chi connectivity index (χ1n) is 5.63. The Morgan fingerprint density at radius 2 is 1.79 bits per heavy atom. The Balaban J connectivity index is 2.50. The van der Waals surface area contributed by atoms with Gasteiger partial charge in [-0.1, -0.05) is 48.3 Å². The molecule has 0 unspecified atom stereocenters. The first-order chi connectivity index (χ1) is 9.02. The van der Waals surface area contributed by atoms with Gasteiger partial charge in [0.1, 0.15) is 10.3 Å². The van der Waals surface area contributed by atoms with Gasteiger partial charge in [-0.3, -0.25) is 0 Å². The molecule has 0 saturated heterocycles. The minimum Gasteiger partial charge on any atom is -0.216 e. The highest BCUT2D eigenvalue weighted by molar-refractivity contribution is 6.34. The molecule has 0 aliphatic carbocycles. The van der Waals surface area contributed by atoms with Crippen LogP contribution in [0.1, 0.15) is 24.5 Å². The van der Waals surface area contributed by atoms with Crippen LogP contribution < -0.4 is 0 Å². The van der Waals surface area contributed by atoms with E-state index in [1.54, 1.807) is 6.07 Å². The number of hydrogen-bond acceptors (Lipinski definition) is 2. The van der Waals surface area contributed by atoms with E-state index in [9.17, 15) is 8.78 Å². The van der Waals surface area contributed by atoms with E-state index in [4.69, 9.17) is 23.2 Å². The Morgan fingerprint density at radius 3 is 2.32 bits per heavy atom. The van der Waals surface area contributed by atoms with Crippen LogP contribution in [-0.4, -0.2) is 9.97 Å². The van der Waals surface area contributed by atoms with Crippen LogP contribution in [0.4, 0.5) is 8.78 Å². The summed E-state index contributed by atoms with van der Waals surface area (Å²) in [6, 6.07) is 5.84. The molecule has 100 valence electrons. The maximum Gasteiger partial charge on any atom is 0.263 e. The van der Waals surface area contributed by atoms with Crippen LogP contribution in [0.25, 0.3) is 11.4 Å². The molecule has 1 aromatic carbocycles. The van der Waals surface area contributed by atoms with E-state index in [0.717, 1.165) is 0 Å². The van der Waals surface area contributed by atoms with Gasteiger partial charge in [0.15, 0.2) is 5.82 Å². The molecule has 0 N–H and O–H groups in total. The van der Waals surface area contributed by atoms with Crippen LogP contribution in [0.15, 0.2) is 24.3 Å². The normalized spacial score (nSPS) is 11.1. The van der Waals surface area contributed by atoms with E-state index < -0.39 is 6.43 Å². The summed E-state index contributed by atoms with van der Waals surface area (Å²) >= 11 is 12.0. The lowest BCUT2D eigenvalue weighted by Crippen LogP contribution is -1.97. The minimum atomic E-state index is -2.54. The highest BCUT2D eigenvalue weighted by Crippen LogP contribution is 2.28. The molecule has 1 aromatic heterocycles. The zero-order valence-electron chi connectivity index (χ0n) is 10.0. The number of rotatable bonds is 3. The van der Waals surface area contributed by atoms with Crippen molar-refractivity contribution in [3.63, 3.8) is 0 Å². The zero-order valence-corrected chi connectivity index (χ0v) is 11.5. The predicted octanol–water partition coefficient (Wildman–Crippen LogP) is 4.95. The molecule has 0 amide bonds. The second-order valence-corrected chi connectivity index (χ2v) is 4.60. The average Bonchev–Trinajstić information content (AvgIpc) is 2.38. The van der Waals surface area contributed by atoms with Crippen molar-refractivity contribution in [1.29, 1.82) is 0 Å². The lowest BCUT2D eigenvalue weighted by Gasteiger charge is -2.07. The third kappa shape index (κ3) is 3.01. The van der Waals surface area contributed by atoms with E-state index in [0.29, 0.717) is 17.5 Å². The van der Waals surface area contributed by atoms with E-state index in [2.05, 4.69) is 9.97 Å². The standard InChI is InChI=1S/C13H10Cl2F2N2/c1-2-9-10(14)18-13(19-11(9)15)8-5-3-4-7(6-8)12(16)17/h3-6,12H,2H2,1H3. The van der Waals surface area contributed by atoms with Crippen molar-refractivity contribution in [3.8, 4) is 11.4 Å². The van der Waals surface area contributed by atoms with Crippen LogP contribution in [0, 0.1) is 0 Å². The van der Waals surface area contributed by atoms with Crippen molar-refractivity contribution in [3.05, 3.63) is 45.7 Å². The van der Waals surface area contributed by atoms with Gasteiger partial charge in [0.2, 0.25) is 0 Å². The number of nitrogens with zero attached hydrogens (tertiary/aromatic N) is 2. The summed E-state index contributed by atoms with van der Waals surface area (Å²) in [7, 11) is 0. The predicted molar refractivity (Wildman–Crippen MR) is 71.8 cm³/mol. The SMILES string of the molecule is CCc1c(Cl)nc(-c2cccc(C(F)F)c2)nc1Cl. The Bertz CT molecular complexity index is 580. The molecule has 0 fully saturated rings. The topological polar surface area (TPSA) is 25.8 Å². The first-order valence-corrected chi connectivity index (χ1v) is 6.39. The maximum atomic E-state index is 12.6. The number of alkyl halides is 2. The number of benzene rings is 1. The van der Waals surface area contributed by atoms with Gasteiger partial charge in [-0.15, -0.1) is 0 Å². The fourth-order valence-corrected chi connectivity index (χ4v) is 2.32. The molecule has 2 nitrogen and oxygen atoms in total. The summed E-state index contributed by atoms with van der Waals surface area (Å²) in [4.78, 5) is 8.20. The van der Waals surface area contributed by atoms with Gasteiger partial charge in [-0.2, -0.15) is 0 Å². The number of halogens is 4. The summed E-state index contributed by atoms with van der Waals surface area (Å²) in [5.74, 6) is 0.245. The van der Waals surface area contributed by atoms with Crippen molar-refractivity contribution in [2.75, 3.05) is 0 Å². The molecule has 0 aliphatic heterocycles. The summed E-state index contributed by atoms with van der Waals surface area (Å²) < 4.78 is 25.3. The van der Waals surface area contributed by atoms with Gasteiger partial charge in [0, 0.05) is 16.7 Å². The molecule has 0 spiro atoms. The van der Waals surface area contributed by atoms with E-state index in [-0.39, 0.29) is 21.7 Å². The fraction of sp³-hybridized carbons (Fsp3) is 0.231. The Hall–Kier alpha value is -1.26. The van der Waals surface area contributed by atoms with E-state index in [1.165, 1.54) is 18.2 Å². The van der Waals surface area contributed by atoms with Gasteiger partial charge < -0.3 is 0 Å². The van der Waals surface area contributed by atoms with Gasteiger partial charge in [-0.05, 0) is 12.5 Å². The van der Waals surface area contributed by atoms with Crippen molar-refractivity contribution >= 4 is 23.2 Å². The molecule has 0 bridgehead atoms. The minimum absolute atomic E-state index is 0.0899. The van der Waals surface area contributed by atoms with E-state index in [1.807, 2.05) is 6.92 Å². The summed E-state index contributed by atoms with van der Waals surface area (Å²) in [5.41, 5.74) is 1.02. The maximum absolute atomic E-state index is 12.6. The van der Waals surface area contributed by atoms with Crippen LogP contribution in [-0.2, 0) is 6.42 Å². The third-order valence-corrected chi connectivity index (χ3v) is 3.28. The summed E-state index contributed by atoms with van der Waals surface area (Å²) in [6.45, 7) is 1.88. The van der Waals surface area contributed by atoms with Crippen molar-refractivity contribution in [1.82, 2.24) is 9.97 Å². The fourth-order valence-electron chi connectivity index (χ4n) is 1.67. The van der Waals surface area contributed by atoms with Crippen LogP contribution >= 0.6 is 23.2 Å². The second kappa shape index (κ2) is 5.80.